The summed E-state index contributed by atoms with van der Waals surface area (Å²) in [5.41, 5.74) is 3.33. The van der Waals surface area contributed by atoms with E-state index in [1.54, 1.807) is 6.20 Å². The Balaban J connectivity index is 2.44. The van der Waals surface area contributed by atoms with Crippen molar-refractivity contribution in [1.82, 2.24) is 0 Å². The van der Waals surface area contributed by atoms with Crippen LogP contribution in [-0.4, -0.2) is 12.6 Å². The minimum absolute atomic E-state index is 0.304. The molecule has 3 nitrogen and oxygen atoms in total. The number of ether oxygens (including phenoxy) is 1. The molecule has 98 valence electrons. The van der Waals surface area contributed by atoms with Crippen LogP contribution >= 0.6 is 0 Å². The van der Waals surface area contributed by atoms with E-state index < -0.39 is 0 Å². The first-order valence-electron chi connectivity index (χ1n) is 6.30. The van der Waals surface area contributed by atoms with E-state index in [0.717, 1.165) is 24.1 Å². The van der Waals surface area contributed by atoms with Crippen LogP contribution in [-0.2, 0) is 9.53 Å². The zero-order chi connectivity index (χ0) is 13.4. The van der Waals surface area contributed by atoms with Gasteiger partial charge in [0.25, 0.3) is 0 Å². The van der Waals surface area contributed by atoms with Gasteiger partial charge in [0.05, 0.1) is 6.61 Å². The normalized spacial score (nSPS) is 10.6. The first-order chi connectivity index (χ1) is 8.63. The average Bonchev–Trinajstić information content (AvgIpc) is 2.34. The lowest BCUT2D eigenvalue weighted by molar-refractivity contribution is -0.137. The minimum Gasteiger partial charge on any atom is -0.462 e. The summed E-state index contributed by atoms with van der Waals surface area (Å²) in [6, 6.07) is 6.15. The molecular formula is C15H21NO2. The van der Waals surface area contributed by atoms with Gasteiger partial charge in [-0.05, 0) is 37.5 Å². The molecule has 0 aliphatic carbocycles. The monoisotopic (exact) mass is 247 g/mol. The second kappa shape index (κ2) is 7.54. The van der Waals surface area contributed by atoms with Gasteiger partial charge in [0.2, 0.25) is 0 Å². The first-order valence-corrected chi connectivity index (χ1v) is 6.30. The van der Waals surface area contributed by atoms with Crippen molar-refractivity contribution < 1.29 is 9.53 Å². The number of anilines is 1. The molecule has 1 rings (SSSR count). The highest BCUT2D eigenvalue weighted by Gasteiger charge is 1.97. The zero-order valence-corrected chi connectivity index (χ0v) is 11.3. The lowest BCUT2D eigenvalue weighted by Gasteiger charge is -2.06. The molecule has 0 spiro atoms. The number of esters is 1. The third-order valence-electron chi connectivity index (χ3n) is 2.59. The summed E-state index contributed by atoms with van der Waals surface area (Å²) in [6.07, 6.45) is 4.97. The number of rotatable bonds is 6. The summed E-state index contributed by atoms with van der Waals surface area (Å²) >= 11 is 0. The Kier molecular flexibility index (Phi) is 5.98. The highest BCUT2D eigenvalue weighted by atomic mass is 16.5. The Labute approximate surface area is 109 Å². The summed E-state index contributed by atoms with van der Waals surface area (Å²) < 4.78 is 5.01. The van der Waals surface area contributed by atoms with Gasteiger partial charge >= 0.3 is 5.97 Å². The van der Waals surface area contributed by atoms with Crippen LogP contribution in [0.25, 0.3) is 0 Å². The molecule has 0 bridgehead atoms. The largest absolute Gasteiger partial charge is 0.462 e. The Hall–Kier alpha value is -1.77. The molecule has 0 saturated heterocycles. The van der Waals surface area contributed by atoms with Gasteiger partial charge in [0.1, 0.15) is 0 Å². The van der Waals surface area contributed by atoms with Crippen molar-refractivity contribution in [3.8, 4) is 0 Å². The van der Waals surface area contributed by atoms with Gasteiger partial charge in [-0.1, -0.05) is 25.5 Å². The maximum Gasteiger partial charge on any atom is 0.332 e. The van der Waals surface area contributed by atoms with Gasteiger partial charge in [-0.2, -0.15) is 0 Å². The zero-order valence-electron chi connectivity index (χ0n) is 11.3. The molecule has 0 radical (unpaired) electrons. The molecule has 0 aromatic heterocycles. The summed E-state index contributed by atoms with van der Waals surface area (Å²) in [6.45, 7) is 6.61. The van der Waals surface area contributed by atoms with Gasteiger partial charge < -0.3 is 10.1 Å². The SMILES string of the molecule is CCCCOC(=O)/C=C\Nc1cc(C)ccc1C. The van der Waals surface area contributed by atoms with E-state index in [0.29, 0.717) is 6.61 Å². The number of benzene rings is 1. The molecule has 0 atom stereocenters. The van der Waals surface area contributed by atoms with Crippen molar-refractivity contribution in [1.29, 1.82) is 0 Å². The van der Waals surface area contributed by atoms with Gasteiger partial charge in [-0.3, -0.25) is 0 Å². The summed E-state index contributed by atoms with van der Waals surface area (Å²) in [5.74, 6) is -0.304. The number of carbonyl (C=O) groups is 1. The van der Waals surface area contributed by atoms with Crippen molar-refractivity contribution >= 4 is 11.7 Å². The summed E-state index contributed by atoms with van der Waals surface area (Å²) in [5, 5.41) is 3.09. The Morgan fingerprint density at radius 1 is 1.39 bits per heavy atom. The third-order valence-corrected chi connectivity index (χ3v) is 2.59. The molecule has 0 heterocycles. The molecule has 1 aromatic rings. The second-order valence-corrected chi connectivity index (χ2v) is 4.32. The molecule has 18 heavy (non-hydrogen) atoms. The van der Waals surface area contributed by atoms with Crippen molar-refractivity contribution in [3.05, 3.63) is 41.6 Å². The standard InChI is InChI=1S/C15H21NO2/c1-4-5-10-18-15(17)8-9-16-14-11-12(2)6-7-13(14)3/h6-9,11,16H,4-5,10H2,1-3H3/b9-8-. The molecule has 0 saturated carbocycles. The molecular weight excluding hydrogens is 226 g/mol. The fraction of sp³-hybridized carbons (Fsp3) is 0.400. The second-order valence-electron chi connectivity index (χ2n) is 4.32. The van der Waals surface area contributed by atoms with E-state index in [9.17, 15) is 4.79 Å². The number of hydrogen-bond donors (Lipinski definition) is 1. The molecule has 3 heteroatoms. The average molecular weight is 247 g/mol. The smallest absolute Gasteiger partial charge is 0.332 e. The van der Waals surface area contributed by atoms with Crippen molar-refractivity contribution in [2.24, 2.45) is 0 Å². The number of nitrogens with one attached hydrogen (secondary N) is 1. The molecule has 0 unspecified atom stereocenters. The van der Waals surface area contributed by atoms with E-state index in [4.69, 9.17) is 4.74 Å². The van der Waals surface area contributed by atoms with E-state index >= 15 is 0 Å². The predicted molar refractivity (Wildman–Crippen MR) is 74.5 cm³/mol. The van der Waals surface area contributed by atoms with E-state index in [-0.39, 0.29) is 5.97 Å². The van der Waals surface area contributed by atoms with Crippen LogP contribution in [0.1, 0.15) is 30.9 Å². The van der Waals surface area contributed by atoms with Crippen LogP contribution in [0, 0.1) is 13.8 Å². The molecule has 0 aliphatic rings. The predicted octanol–water partition coefficient (Wildman–Crippen LogP) is 3.57. The Morgan fingerprint density at radius 3 is 2.89 bits per heavy atom. The van der Waals surface area contributed by atoms with Crippen LogP contribution in [0.5, 0.6) is 0 Å². The van der Waals surface area contributed by atoms with Crippen molar-refractivity contribution in [2.75, 3.05) is 11.9 Å². The molecule has 0 amide bonds. The van der Waals surface area contributed by atoms with Crippen LogP contribution < -0.4 is 5.32 Å². The quantitative estimate of drug-likeness (QED) is 0.474. The lowest BCUT2D eigenvalue weighted by atomic mass is 10.1. The summed E-state index contributed by atoms with van der Waals surface area (Å²) in [7, 11) is 0. The van der Waals surface area contributed by atoms with Gasteiger partial charge in [-0.25, -0.2) is 4.79 Å². The Morgan fingerprint density at radius 2 is 2.17 bits per heavy atom. The van der Waals surface area contributed by atoms with E-state index in [2.05, 4.69) is 18.3 Å². The van der Waals surface area contributed by atoms with Crippen molar-refractivity contribution in [3.63, 3.8) is 0 Å². The molecule has 1 N–H and O–H groups in total. The van der Waals surface area contributed by atoms with Gasteiger partial charge in [-0.15, -0.1) is 0 Å². The number of unbranched alkanes of at least 4 members (excludes halogenated alkanes) is 1. The maximum atomic E-state index is 11.3. The minimum atomic E-state index is -0.304. The fourth-order valence-electron chi connectivity index (χ4n) is 1.46. The van der Waals surface area contributed by atoms with E-state index in [1.807, 2.05) is 26.0 Å². The van der Waals surface area contributed by atoms with Gasteiger partial charge in [0, 0.05) is 18.0 Å². The highest BCUT2D eigenvalue weighted by Crippen LogP contribution is 2.15. The van der Waals surface area contributed by atoms with Gasteiger partial charge in [0.15, 0.2) is 0 Å². The van der Waals surface area contributed by atoms with Crippen molar-refractivity contribution in [2.45, 2.75) is 33.6 Å². The third kappa shape index (κ3) is 5.04. The fourth-order valence-corrected chi connectivity index (χ4v) is 1.46. The number of aryl methyl sites for hydroxylation is 2. The molecule has 1 aromatic carbocycles. The Bertz CT molecular complexity index is 425. The first kappa shape index (κ1) is 14.3. The van der Waals surface area contributed by atoms with E-state index in [1.165, 1.54) is 11.6 Å². The van der Waals surface area contributed by atoms with Crippen LogP contribution in [0.2, 0.25) is 0 Å². The number of hydrogen-bond acceptors (Lipinski definition) is 3. The number of carbonyl (C=O) groups excluding carboxylic acids is 1. The molecule has 0 fully saturated rings. The highest BCUT2D eigenvalue weighted by molar-refractivity contribution is 5.82. The molecule has 0 aliphatic heterocycles. The van der Waals surface area contributed by atoms with Crippen LogP contribution in [0.3, 0.4) is 0 Å². The van der Waals surface area contributed by atoms with Crippen LogP contribution in [0.15, 0.2) is 30.5 Å². The topological polar surface area (TPSA) is 38.3 Å². The summed E-state index contributed by atoms with van der Waals surface area (Å²) in [4.78, 5) is 11.3. The lowest BCUT2D eigenvalue weighted by Crippen LogP contribution is -2.03. The van der Waals surface area contributed by atoms with Crippen LogP contribution in [0.4, 0.5) is 5.69 Å². The maximum absolute atomic E-state index is 11.3.